The average Bonchev–Trinajstić information content (AvgIpc) is 2.26. The van der Waals surface area contributed by atoms with Crippen LogP contribution in [0.1, 0.15) is 47.1 Å². The fourth-order valence-electron chi connectivity index (χ4n) is 1.41. The number of methoxy groups -OCH3 is 1. The normalized spacial score (nSPS) is 11.1. The van der Waals surface area contributed by atoms with E-state index in [9.17, 15) is 9.59 Å². The second-order valence-electron chi connectivity index (χ2n) is 4.81. The van der Waals surface area contributed by atoms with Gasteiger partial charge in [-0.1, -0.05) is 20.8 Å². The van der Waals surface area contributed by atoms with Crippen molar-refractivity contribution in [1.82, 2.24) is 0 Å². The van der Waals surface area contributed by atoms with Crippen molar-refractivity contribution in [3.8, 4) is 0 Å². The van der Waals surface area contributed by atoms with Crippen molar-refractivity contribution in [2.75, 3.05) is 7.11 Å². The van der Waals surface area contributed by atoms with Gasteiger partial charge in [0.05, 0.1) is 12.7 Å². The highest BCUT2D eigenvalue weighted by Crippen LogP contribution is 2.25. The fraction of sp³-hybridized carbons (Fsp3) is 0.385. The minimum Gasteiger partial charge on any atom is -0.465 e. The van der Waals surface area contributed by atoms with Crippen molar-refractivity contribution in [3.05, 3.63) is 34.9 Å². The summed E-state index contributed by atoms with van der Waals surface area (Å²) < 4.78 is 4.65. The van der Waals surface area contributed by atoms with Gasteiger partial charge in [0.2, 0.25) is 0 Å². The summed E-state index contributed by atoms with van der Waals surface area (Å²) in [5, 5.41) is -0.582. The number of benzene rings is 1. The van der Waals surface area contributed by atoms with E-state index in [0.717, 1.165) is 5.56 Å². The zero-order valence-corrected chi connectivity index (χ0v) is 11.1. The molecule has 0 spiro atoms. The summed E-state index contributed by atoms with van der Waals surface area (Å²) in [6.07, 6.45) is 0. The van der Waals surface area contributed by atoms with E-state index in [1.807, 2.05) is 20.8 Å². The molecule has 0 aliphatic rings. The van der Waals surface area contributed by atoms with Gasteiger partial charge >= 0.3 is 5.97 Å². The van der Waals surface area contributed by atoms with Crippen LogP contribution in [0.15, 0.2) is 18.2 Å². The molecule has 0 saturated carbocycles. The lowest BCUT2D eigenvalue weighted by Gasteiger charge is -2.20. The van der Waals surface area contributed by atoms with E-state index < -0.39 is 11.2 Å². The third kappa shape index (κ3) is 3.30. The van der Waals surface area contributed by atoms with Crippen molar-refractivity contribution in [3.63, 3.8) is 0 Å². The Morgan fingerprint density at radius 3 is 2.06 bits per heavy atom. The summed E-state index contributed by atoms with van der Waals surface area (Å²) in [5.41, 5.74) is 1.33. The maximum atomic E-state index is 11.5. The van der Waals surface area contributed by atoms with Crippen LogP contribution in [0, 0.1) is 0 Å². The molecule has 0 aromatic heterocycles. The number of carbonyl (C=O) groups excluding carboxylic acids is 2. The van der Waals surface area contributed by atoms with Gasteiger partial charge in [0.15, 0.2) is 0 Å². The molecule has 0 heterocycles. The SMILES string of the molecule is COC(=O)c1cc(C(=O)Cl)cc(C(C)(C)C)c1. The van der Waals surface area contributed by atoms with Crippen LogP contribution in [-0.4, -0.2) is 18.3 Å². The fourth-order valence-corrected chi connectivity index (χ4v) is 1.52. The first kappa shape index (κ1) is 13.7. The molecule has 0 unspecified atom stereocenters. The third-order valence-electron chi connectivity index (χ3n) is 2.45. The molecule has 92 valence electrons. The van der Waals surface area contributed by atoms with Crippen molar-refractivity contribution >= 4 is 22.8 Å². The van der Waals surface area contributed by atoms with Gasteiger partial charge < -0.3 is 4.74 Å². The lowest BCUT2D eigenvalue weighted by atomic mass is 9.85. The highest BCUT2D eigenvalue weighted by molar-refractivity contribution is 6.67. The van der Waals surface area contributed by atoms with Crippen LogP contribution in [-0.2, 0) is 10.2 Å². The van der Waals surface area contributed by atoms with E-state index >= 15 is 0 Å². The zero-order valence-electron chi connectivity index (χ0n) is 10.3. The van der Waals surface area contributed by atoms with Gasteiger partial charge in [0.1, 0.15) is 0 Å². The molecule has 0 amide bonds. The van der Waals surface area contributed by atoms with Crippen LogP contribution >= 0.6 is 11.6 Å². The van der Waals surface area contributed by atoms with Crippen LogP contribution in [0.25, 0.3) is 0 Å². The van der Waals surface area contributed by atoms with Crippen LogP contribution in [0.2, 0.25) is 0 Å². The highest BCUT2D eigenvalue weighted by atomic mass is 35.5. The molecule has 17 heavy (non-hydrogen) atoms. The second-order valence-corrected chi connectivity index (χ2v) is 5.16. The summed E-state index contributed by atoms with van der Waals surface area (Å²) in [7, 11) is 1.30. The summed E-state index contributed by atoms with van der Waals surface area (Å²) in [4.78, 5) is 22.7. The second kappa shape index (κ2) is 4.88. The van der Waals surface area contributed by atoms with Crippen LogP contribution in [0.3, 0.4) is 0 Å². The Morgan fingerprint density at radius 1 is 1.12 bits per heavy atom. The Balaban J connectivity index is 3.39. The monoisotopic (exact) mass is 254 g/mol. The molecule has 0 N–H and O–H groups in total. The molecular formula is C13H15ClO3. The molecule has 1 rings (SSSR count). The van der Waals surface area contributed by atoms with Gasteiger partial charge in [-0.15, -0.1) is 0 Å². The minimum atomic E-state index is -0.582. The Labute approximate surface area is 106 Å². The molecule has 0 atom stereocenters. The largest absolute Gasteiger partial charge is 0.465 e. The van der Waals surface area contributed by atoms with Gasteiger partial charge in [-0.25, -0.2) is 4.79 Å². The van der Waals surface area contributed by atoms with E-state index in [4.69, 9.17) is 11.6 Å². The number of ether oxygens (including phenoxy) is 1. The number of halogens is 1. The average molecular weight is 255 g/mol. The molecule has 0 aliphatic carbocycles. The van der Waals surface area contributed by atoms with Gasteiger partial charge in [0, 0.05) is 5.56 Å². The highest BCUT2D eigenvalue weighted by Gasteiger charge is 2.19. The summed E-state index contributed by atoms with van der Waals surface area (Å²) in [6.45, 7) is 5.98. The Morgan fingerprint density at radius 2 is 1.65 bits per heavy atom. The van der Waals surface area contributed by atoms with Gasteiger partial charge in [-0.3, -0.25) is 4.79 Å². The maximum absolute atomic E-state index is 11.5. The first-order valence-electron chi connectivity index (χ1n) is 5.19. The molecule has 0 radical (unpaired) electrons. The topological polar surface area (TPSA) is 43.4 Å². The maximum Gasteiger partial charge on any atom is 0.337 e. The quantitative estimate of drug-likeness (QED) is 0.602. The van der Waals surface area contributed by atoms with Crippen molar-refractivity contribution in [1.29, 1.82) is 0 Å². The Kier molecular flexibility index (Phi) is 3.94. The first-order valence-corrected chi connectivity index (χ1v) is 5.57. The number of esters is 1. The number of hydrogen-bond acceptors (Lipinski definition) is 3. The standard InChI is InChI=1S/C13H15ClO3/c1-13(2,3)10-6-8(11(14)15)5-9(7-10)12(16)17-4/h5-7H,1-4H3. The molecule has 0 bridgehead atoms. The lowest BCUT2D eigenvalue weighted by Crippen LogP contribution is -2.14. The third-order valence-corrected chi connectivity index (χ3v) is 2.67. The molecule has 1 aromatic rings. The molecule has 0 saturated heterocycles. The van der Waals surface area contributed by atoms with Crippen molar-refractivity contribution in [2.24, 2.45) is 0 Å². The lowest BCUT2D eigenvalue weighted by molar-refractivity contribution is 0.0600. The molecule has 3 nitrogen and oxygen atoms in total. The smallest absolute Gasteiger partial charge is 0.337 e. The number of hydrogen-bond donors (Lipinski definition) is 0. The first-order chi connectivity index (χ1) is 7.75. The summed E-state index contributed by atoms with van der Waals surface area (Å²) >= 11 is 5.45. The predicted octanol–water partition coefficient (Wildman–Crippen LogP) is 3.15. The van der Waals surface area contributed by atoms with E-state index in [1.54, 1.807) is 12.1 Å². The van der Waals surface area contributed by atoms with Crippen LogP contribution in [0.5, 0.6) is 0 Å². The summed E-state index contributed by atoms with van der Waals surface area (Å²) in [5.74, 6) is -0.477. The van der Waals surface area contributed by atoms with E-state index in [0.29, 0.717) is 11.1 Å². The molecule has 4 heteroatoms. The summed E-state index contributed by atoms with van der Waals surface area (Å²) in [6, 6.07) is 4.85. The van der Waals surface area contributed by atoms with Crippen molar-refractivity contribution < 1.29 is 14.3 Å². The number of carbonyl (C=O) groups is 2. The van der Waals surface area contributed by atoms with Gasteiger partial charge in [0.25, 0.3) is 5.24 Å². The van der Waals surface area contributed by atoms with E-state index in [2.05, 4.69) is 4.74 Å². The van der Waals surface area contributed by atoms with Gasteiger partial charge in [-0.05, 0) is 40.8 Å². The minimum absolute atomic E-state index is 0.175. The van der Waals surface area contributed by atoms with Crippen LogP contribution in [0.4, 0.5) is 0 Å². The predicted molar refractivity (Wildman–Crippen MR) is 66.7 cm³/mol. The van der Waals surface area contributed by atoms with E-state index in [1.165, 1.54) is 13.2 Å². The van der Waals surface area contributed by atoms with Crippen LogP contribution < -0.4 is 0 Å². The zero-order chi connectivity index (χ0) is 13.2. The molecule has 1 aromatic carbocycles. The van der Waals surface area contributed by atoms with Crippen molar-refractivity contribution in [2.45, 2.75) is 26.2 Å². The van der Waals surface area contributed by atoms with E-state index in [-0.39, 0.29) is 5.41 Å². The molecular weight excluding hydrogens is 240 g/mol. The molecule has 0 aliphatic heterocycles. The number of rotatable bonds is 2. The van der Waals surface area contributed by atoms with Gasteiger partial charge in [-0.2, -0.15) is 0 Å². The molecule has 0 fully saturated rings. The Hall–Kier alpha value is -1.35. The Bertz CT molecular complexity index is 458.